The number of allylic oxidation sites excluding steroid dienone is 2. The van der Waals surface area contributed by atoms with Crippen LogP contribution in [0.1, 0.15) is 41.0 Å². The van der Waals surface area contributed by atoms with Gasteiger partial charge in [-0.25, -0.2) is 4.90 Å². The van der Waals surface area contributed by atoms with E-state index < -0.39 is 35.0 Å². The SMILES string of the molecule is Cc1cc(C2C3=CCC4C(=O)N(c5ccc(I)cc5)C(=O)C4C3CC3C(=O)N(c4cccc(Cl)c4)C(=O)C32c2ccccc2)cc(C)c1O. The van der Waals surface area contributed by atoms with E-state index in [1.54, 1.807) is 36.4 Å². The van der Waals surface area contributed by atoms with Gasteiger partial charge in [0, 0.05) is 14.5 Å². The van der Waals surface area contributed by atoms with Crippen molar-refractivity contribution in [3.8, 4) is 5.75 Å². The number of phenolic OH excluding ortho intramolecular Hbond substituents is 1. The lowest BCUT2D eigenvalue weighted by atomic mass is 9.49. The van der Waals surface area contributed by atoms with Crippen molar-refractivity contribution < 1.29 is 24.3 Å². The first kappa shape index (κ1) is 32.0. The van der Waals surface area contributed by atoms with Crippen molar-refractivity contribution in [3.63, 3.8) is 0 Å². The predicted molar refractivity (Wildman–Crippen MR) is 195 cm³/mol. The van der Waals surface area contributed by atoms with Crippen LogP contribution in [0.25, 0.3) is 0 Å². The predicted octanol–water partition coefficient (Wildman–Crippen LogP) is 7.63. The molecule has 1 N–H and O–H groups in total. The zero-order valence-corrected chi connectivity index (χ0v) is 29.7. The number of halogens is 2. The fourth-order valence-electron chi connectivity index (χ4n) is 9.12. The average molecular weight is 783 g/mol. The molecule has 0 radical (unpaired) electrons. The molecule has 0 bridgehead atoms. The number of aryl methyl sites for hydroxylation is 2. The number of hydrogen-bond acceptors (Lipinski definition) is 5. The fourth-order valence-corrected chi connectivity index (χ4v) is 9.66. The molecule has 4 aliphatic rings. The third-order valence-electron chi connectivity index (χ3n) is 11.1. The highest BCUT2D eigenvalue weighted by atomic mass is 127. The second-order valence-electron chi connectivity index (χ2n) is 13.6. The highest BCUT2D eigenvalue weighted by Crippen LogP contribution is 2.64. The van der Waals surface area contributed by atoms with Gasteiger partial charge < -0.3 is 5.11 Å². The molecule has 2 aliphatic heterocycles. The highest BCUT2D eigenvalue weighted by molar-refractivity contribution is 14.1. The molecule has 2 heterocycles. The quantitative estimate of drug-likeness (QED) is 0.131. The van der Waals surface area contributed by atoms with Crippen LogP contribution in [0.4, 0.5) is 11.4 Å². The minimum absolute atomic E-state index is 0.165. The van der Waals surface area contributed by atoms with Crippen molar-refractivity contribution in [2.75, 3.05) is 9.80 Å². The summed E-state index contributed by atoms with van der Waals surface area (Å²) in [4.78, 5) is 61.3. The van der Waals surface area contributed by atoms with Gasteiger partial charge in [-0.3, -0.25) is 24.1 Å². The molecule has 8 rings (SSSR count). The lowest BCUT2D eigenvalue weighted by Crippen LogP contribution is -2.53. The number of hydrogen-bond donors (Lipinski definition) is 1. The van der Waals surface area contributed by atoms with Crippen LogP contribution in [0.15, 0.2) is 103 Å². The van der Waals surface area contributed by atoms with Crippen LogP contribution in [0.3, 0.4) is 0 Å². The smallest absolute Gasteiger partial charge is 0.246 e. The molecule has 6 atom stereocenters. The summed E-state index contributed by atoms with van der Waals surface area (Å²) in [6.07, 6.45) is 2.61. The standard InChI is InChI=1S/C40H32ClIN2O5/c1-21-17-23(18-22(2)35(21)45)34-29-15-16-30-33(38(48)43(36(30)46)27-13-11-26(42)12-14-27)31(29)20-32-37(47)44(28-10-6-9-25(41)19-28)39(49)40(32,34)24-7-4-3-5-8-24/h3-15,17-19,30-34,45H,16,20H2,1-2H3. The third-order valence-corrected chi connectivity index (χ3v) is 12.1. The van der Waals surface area contributed by atoms with Gasteiger partial charge in [0.25, 0.3) is 0 Å². The number of nitrogens with zero attached hydrogens (tertiary/aromatic N) is 2. The van der Waals surface area contributed by atoms with Crippen molar-refractivity contribution >= 4 is 69.2 Å². The first-order chi connectivity index (χ1) is 23.5. The molecule has 0 spiro atoms. The lowest BCUT2D eigenvalue weighted by molar-refractivity contribution is -0.127. The Bertz CT molecular complexity index is 2090. The number of aromatic hydroxyl groups is 1. The summed E-state index contributed by atoms with van der Waals surface area (Å²) in [6, 6.07) is 27.3. The number of imide groups is 2. The van der Waals surface area contributed by atoms with Crippen molar-refractivity contribution in [1.29, 1.82) is 0 Å². The van der Waals surface area contributed by atoms with Gasteiger partial charge in [-0.15, -0.1) is 0 Å². The van der Waals surface area contributed by atoms with Gasteiger partial charge in [0.1, 0.15) is 5.75 Å². The van der Waals surface area contributed by atoms with Crippen LogP contribution >= 0.6 is 34.2 Å². The number of amides is 4. The van der Waals surface area contributed by atoms with E-state index in [2.05, 4.69) is 28.7 Å². The summed E-state index contributed by atoms with van der Waals surface area (Å²) in [6.45, 7) is 3.64. The van der Waals surface area contributed by atoms with Crippen LogP contribution < -0.4 is 9.80 Å². The minimum atomic E-state index is -1.37. The summed E-state index contributed by atoms with van der Waals surface area (Å²) in [5.74, 6) is -4.32. The van der Waals surface area contributed by atoms with E-state index in [-0.39, 0.29) is 35.8 Å². The Morgan fingerprint density at radius 1 is 0.776 bits per heavy atom. The second kappa shape index (κ2) is 11.7. The topological polar surface area (TPSA) is 95.0 Å². The summed E-state index contributed by atoms with van der Waals surface area (Å²) in [5, 5.41) is 11.2. The van der Waals surface area contributed by atoms with Gasteiger partial charge in [-0.2, -0.15) is 0 Å². The largest absolute Gasteiger partial charge is 0.507 e. The van der Waals surface area contributed by atoms with Crippen LogP contribution in [-0.4, -0.2) is 28.7 Å². The number of carbonyl (C=O) groups is 4. The Kier molecular flexibility index (Phi) is 7.60. The zero-order chi connectivity index (χ0) is 34.4. The summed E-state index contributed by atoms with van der Waals surface area (Å²) in [7, 11) is 0. The van der Waals surface area contributed by atoms with Crippen LogP contribution in [0.5, 0.6) is 5.75 Å². The van der Waals surface area contributed by atoms with E-state index in [0.29, 0.717) is 39.5 Å². The van der Waals surface area contributed by atoms with Gasteiger partial charge in [0.05, 0.1) is 34.5 Å². The van der Waals surface area contributed by atoms with E-state index in [1.165, 1.54) is 9.80 Å². The van der Waals surface area contributed by atoms with E-state index in [9.17, 15) is 19.5 Å². The number of phenols is 1. The number of carbonyl (C=O) groups excluding carboxylic acids is 4. The molecule has 246 valence electrons. The first-order valence-corrected chi connectivity index (χ1v) is 17.8. The monoisotopic (exact) mass is 782 g/mol. The molecule has 49 heavy (non-hydrogen) atoms. The second-order valence-corrected chi connectivity index (χ2v) is 15.3. The maximum absolute atomic E-state index is 15.3. The van der Waals surface area contributed by atoms with E-state index in [4.69, 9.17) is 11.6 Å². The van der Waals surface area contributed by atoms with Gasteiger partial charge in [-0.1, -0.05) is 71.8 Å². The summed E-state index contributed by atoms with van der Waals surface area (Å²) >= 11 is 8.59. The van der Waals surface area contributed by atoms with Crippen molar-refractivity contribution in [1.82, 2.24) is 0 Å². The van der Waals surface area contributed by atoms with E-state index in [0.717, 1.165) is 14.7 Å². The average Bonchev–Trinajstić information content (AvgIpc) is 3.48. The molecule has 6 unspecified atom stereocenters. The fraction of sp³-hybridized carbons (Fsp3) is 0.250. The molecule has 4 aromatic rings. The van der Waals surface area contributed by atoms with Crippen molar-refractivity contribution in [3.05, 3.63) is 133 Å². The van der Waals surface area contributed by atoms with Gasteiger partial charge in [0.15, 0.2) is 0 Å². The maximum atomic E-state index is 15.3. The number of fused-ring (bicyclic) bond motifs is 4. The highest BCUT2D eigenvalue weighted by Gasteiger charge is 2.70. The molecule has 4 amide bonds. The minimum Gasteiger partial charge on any atom is -0.507 e. The molecule has 2 saturated heterocycles. The third kappa shape index (κ3) is 4.59. The molecular weight excluding hydrogens is 751 g/mol. The zero-order valence-electron chi connectivity index (χ0n) is 26.8. The molecule has 4 aromatic carbocycles. The van der Waals surface area contributed by atoms with Crippen molar-refractivity contribution in [2.45, 2.75) is 38.0 Å². The lowest BCUT2D eigenvalue weighted by Gasteiger charge is -2.51. The normalized spacial score (nSPS) is 27.6. The van der Waals surface area contributed by atoms with E-state index in [1.807, 2.05) is 68.4 Å². The molecule has 9 heteroatoms. The Morgan fingerprint density at radius 2 is 1.47 bits per heavy atom. The first-order valence-electron chi connectivity index (χ1n) is 16.4. The number of anilines is 2. The van der Waals surface area contributed by atoms with Crippen LogP contribution in [0, 0.1) is 41.1 Å². The van der Waals surface area contributed by atoms with Gasteiger partial charge >= 0.3 is 0 Å². The van der Waals surface area contributed by atoms with Crippen LogP contribution in [-0.2, 0) is 24.6 Å². The Labute approximate surface area is 302 Å². The molecule has 2 aliphatic carbocycles. The van der Waals surface area contributed by atoms with Gasteiger partial charge in [-0.05, 0) is 120 Å². The Morgan fingerprint density at radius 3 is 2.14 bits per heavy atom. The Balaban J connectivity index is 1.37. The molecule has 3 fully saturated rings. The molecule has 0 aromatic heterocycles. The summed E-state index contributed by atoms with van der Waals surface area (Å²) in [5.41, 5.74) is 3.19. The van der Waals surface area contributed by atoms with Gasteiger partial charge in [0.2, 0.25) is 23.6 Å². The molecule has 1 saturated carbocycles. The number of rotatable bonds is 4. The number of benzene rings is 4. The van der Waals surface area contributed by atoms with Crippen molar-refractivity contribution in [2.24, 2.45) is 23.7 Å². The maximum Gasteiger partial charge on any atom is 0.246 e. The summed E-state index contributed by atoms with van der Waals surface area (Å²) < 4.78 is 0.988. The Hall–Kier alpha value is -4.28. The van der Waals surface area contributed by atoms with E-state index >= 15 is 4.79 Å². The molecule has 7 nitrogen and oxygen atoms in total. The van der Waals surface area contributed by atoms with Crippen LogP contribution in [0.2, 0.25) is 5.02 Å². The molecular formula is C40H32ClIN2O5.